The summed E-state index contributed by atoms with van der Waals surface area (Å²) in [5, 5.41) is 3.82. The highest BCUT2D eigenvalue weighted by molar-refractivity contribution is 9.18. The predicted octanol–water partition coefficient (Wildman–Crippen LogP) is 5.37. The van der Waals surface area contributed by atoms with Crippen molar-refractivity contribution in [3.05, 3.63) is 53.2 Å². The largest absolute Gasteiger partial charge is 0.439 e. The number of nitrogens with zero attached hydrogens (tertiary/aromatic N) is 2. The molecule has 0 fully saturated rings. The summed E-state index contributed by atoms with van der Waals surface area (Å²) in [6.45, 7) is 1.80. The Morgan fingerprint density at radius 2 is 2.04 bits per heavy atom. The number of pyridine rings is 1. The van der Waals surface area contributed by atoms with Crippen LogP contribution in [0.25, 0.3) is 0 Å². The Morgan fingerprint density at radius 1 is 1.25 bits per heavy atom. The summed E-state index contributed by atoms with van der Waals surface area (Å²) in [4.78, 5) is 9.13. The Morgan fingerprint density at radius 3 is 2.71 bits per heavy atom. The first-order valence-corrected chi connectivity index (χ1v) is 7.82. The third-order valence-corrected chi connectivity index (χ3v) is 3.96. The van der Waals surface area contributed by atoms with Gasteiger partial charge in [-0.1, -0.05) is 17.3 Å². The number of ether oxygens (including phenoxy) is 1. The number of hydrogen-bond donors (Lipinski definition) is 0. The van der Waals surface area contributed by atoms with Crippen molar-refractivity contribution in [3.8, 4) is 11.6 Å². The molecule has 0 N–H and O–H groups in total. The standard InChI is InChI=1S/C16H12BrF3N2O2/c1-9-2-3-10(13-8-14(17)22-24-13)6-12(9)23-15-7-11(4-5-21-15)16(18,19)20/h2-7,13H,8H2,1H3/t13-/m1/s1. The molecule has 1 aliphatic heterocycles. The molecule has 2 aromatic rings. The second-order valence-electron chi connectivity index (χ2n) is 5.27. The second kappa shape index (κ2) is 6.43. The molecule has 1 aromatic carbocycles. The molecular weight excluding hydrogens is 389 g/mol. The fourth-order valence-corrected chi connectivity index (χ4v) is 2.59. The molecule has 0 saturated heterocycles. The van der Waals surface area contributed by atoms with E-state index in [2.05, 4.69) is 26.1 Å². The van der Waals surface area contributed by atoms with E-state index in [0.29, 0.717) is 16.8 Å². The van der Waals surface area contributed by atoms with E-state index in [1.165, 1.54) is 0 Å². The van der Waals surface area contributed by atoms with Crippen molar-refractivity contribution in [3.63, 3.8) is 0 Å². The van der Waals surface area contributed by atoms with Crippen LogP contribution in [0.5, 0.6) is 11.6 Å². The van der Waals surface area contributed by atoms with Crippen molar-refractivity contribution in [1.82, 2.24) is 4.98 Å². The number of halogens is 4. The zero-order valence-electron chi connectivity index (χ0n) is 12.5. The maximum absolute atomic E-state index is 12.8. The van der Waals surface area contributed by atoms with Gasteiger partial charge in [0.2, 0.25) is 5.88 Å². The smallest absolute Gasteiger partial charge is 0.416 e. The number of alkyl halides is 3. The van der Waals surface area contributed by atoms with Gasteiger partial charge in [0.05, 0.1) is 5.56 Å². The molecule has 0 saturated carbocycles. The topological polar surface area (TPSA) is 43.7 Å². The zero-order chi connectivity index (χ0) is 17.3. The average molecular weight is 401 g/mol. The van der Waals surface area contributed by atoms with Gasteiger partial charge in [-0.2, -0.15) is 13.2 Å². The normalized spacial score (nSPS) is 17.4. The third kappa shape index (κ3) is 3.69. The first-order chi connectivity index (χ1) is 11.3. The fraction of sp³-hybridized carbons (Fsp3) is 0.250. The minimum atomic E-state index is -4.45. The van der Waals surface area contributed by atoms with E-state index in [1.807, 2.05) is 12.1 Å². The highest BCUT2D eigenvalue weighted by Gasteiger charge is 2.31. The van der Waals surface area contributed by atoms with Gasteiger partial charge >= 0.3 is 6.18 Å². The summed E-state index contributed by atoms with van der Waals surface area (Å²) in [5.74, 6) is 0.306. The molecule has 0 aliphatic carbocycles. The lowest BCUT2D eigenvalue weighted by Crippen LogP contribution is -2.05. The van der Waals surface area contributed by atoms with Gasteiger partial charge in [0, 0.05) is 18.7 Å². The van der Waals surface area contributed by atoms with Gasteiger partial charge in [-0.15, -0.1) is 0 Å². The summed E-state index contributed by atoms with van der Waals surface area (Å²) in [6.07, 6.45) is -3.04. The van der Waals surface area contributed by atoms with E-state index >= 15 is 0 Å². The second-order valence-corrected chi connectivity index (χ2v) is 6.19. The van der Waals surface area contributed by atoms with Crippen molar-refractivity contribution in [2.45, 2.75) is 25.6 Å². The van der Waals surface area contributed by atoms with Gasteiger partial charge < -0.3 is 9.57 Å². The molecule has 1 aromatic heterocycles. The van der Waals surface area contributed by atoms with Crippen molar-refractivity contribution in [2.75, 3.05) is 0 Å². The number of rotatable bonds is 3. The van der Waals surface area contributed by atoms with Crippen molar-refractivity contribution < 1.29 is 22.7 Å². The highest BCUT2D eigenvalue weighted by Crippen LogP contribution is 2.35. The summed E-state index contributed by atoms with van der Waals surface area (Å²) in [7, 11) is 0. The van der Waals surface area contributed by atoms with E-state index in [-0.39, 0.29) is 12.0 Å². The Kier molecular flexibility index (Phi) is 4.49. The molecule has 2 heterocycles. The van der Waals surface area contributed by atoms with E-state index in [1.54, 1.807) is 13.0 Å². The maximum atomic E-state index is 12.8. The summed E-state index contributed by atoms with van der Waals surface area (Å²) in [6, 6.07) is 7.18. The first kappa shape index (κ1) is 16.8. The van der Waals surface area contributed by atoms with Crippen LogP contribution >= 0.6 is 15.9 Å². The lowest BCUT2D eigenvalue weighted by Gasteiger charge is -2.14. The number of hydrogen-bond acceptors (Lipinski definition) is 4. The molecule has 0 bridgehead atoms. The van der Waals surface area contributed by atoms with Gasteiger partial charge in [0.15, 0.2) is 6.10 Å². The average Bonchev–Trinajstić information content (AvgIpc) is 2.95. The fourth-order valence-electron chi connectivity index (χ4n) is 2.21. The lowest BCUT2D eigenvalue weighted by molar-refractivity contribution is -0.137. The monoisotopic (exact) mass is 400 g/mol. The van der Waals surface area contributed by atoms with Gasteiger partial charge in [0.1, 0.15) is 10.4 Å². The molecule has 1 aliphatic rings. The van der Waals surface area contributed by atoms with E-state index in [9.17, 15) is 13.2 Å². The van der Waals surface area contributed by atoms with Crippen molar-refractivity contribution in [2.24, 2.45) is 5.16 Å². The third-order valence-electron chi connectivity index (χ3n) is 3.49. The first-order valence-electron chi connectivity index (χ1n) is 7.03. The molecule has 0 amide bonds. The Hall–Kier alpha value is -2.09. The van der Waals surface area contributed by atoms with Crippen LogP contribution < -0.4 is 4.74 Å². The highest BCUT2D eigenvalue weighted by atomic mass is 79.9. The molecule has 3 rings (SSSR count). The van der Waals surface area contributed by atoms with E-state index in [0.717, 1.165) is 29.5 Å². The Bertz CT molecular complexity index is 793. The molecule has 24 heavy (non-hydrogen) atoms. The number of aromatic nitrogens is 1. The molecule has 4 nitrogen and oxygen atoms in total. The van der Waals surface area contributed by atoms with Crippen LogP contribution in [0.2, 0.25) is 0 Å². The molecule has 0 spiro atoms. The molecule has 8 heteroatoms. The number of benzene rings is 1. The molecule has 126 valence electrons. The van der Waals surface area contributed by atoms with Crippen LogP contribution in [0.1, 0.15) is 29.2 Å². The zero-order valence-corrected chi connectivity index (χ0v) is 14.1. The number of oxime groups is 1. The van der Waals surface area contributed by atoms with E-state index < -0.39 is 11.7 Å². The molecule has 0 radical (unpaired) electrons. The van der Waals surface area contributed by atoms with Gasteiger partial charge in [-0.05, 0) is 46.1 Å². The minimum Gasteiger partial charge on any atom is -0.439 e. The van der Waals surface area contributed by atoms with Crippen molar-refractivity contribution >= 4 is 20.6 Å². The van der Waals surface area contributed by atoms with E-state index in [4.69, 9.17) is 9.57 Å². The minimum absolute atomic E-state index is 0.116. The summed E-state index contributed by atoms with van der Waals surface area (Å²) >= 11 is 3.27. The quantitative estimate of drug-likeness (QED) is 0.695. The molecule has 0 unspecified atom stereocenters. The SMILES string of the molecule is Cc1ccc([C@H]2CC(Br)=NO2)cc1Oc1cc(C(F)(F)F)ccn1. The predicted molar refractivity (Wildman–Crippen MR) is 85.3 cm³/mol. The number of aryl methyl sites for hydroxylation is 1. The van der Waals surface area contributed by atoms with Gasteiger partial charge in [0.25, 0.3) is 0 Å². The van der Waals surface area contributed by atoms with Crippen molar-refractivity contribution in [1.29, 1.82) is 0 Å². The summed E-state index contributed by atoms with van der Waals surface area (Å²) < 4.78 is 44.6. The van der Waals surface area contributed by atoms with Gasteiger partial charge in [-0.3, -0.25) is 0 Å². The molecular formula is C16H12BrF3N2O2. The Labute approximate surface area is 144 Å². The van der Waals surface area contributed by atoms with Gasteiger partial charge in [-0.25, -0.2) is 4.98 Å². The van der Waals surface area contributed by atoms with Crippen LogP contribution in [0.4, 0.5) is 13.2 Å². The van der Waals surface area contributed by atoms with Crippen LogP contribution in [-0.4, -0.2) is 9.60 Å². The lowest BCUT2D eigenvalue weighted by atomic mass is 10.0. The van der Waals surface area contributed by atoms with Crippen LogP contribution in [-0.2, 0) is 11.0 Å². The van der Waals surface area contributed by atoms with Crippen LogP contribution in [0.15, 0.2) is 41.7 Å². The summed E-state index contributed by atoms with van der Waals surface area (Å²) in [5.41, 5.74) is 0.787. The van der Waals surface area contributed by atoms with Crippen LogP contribution in [0, 0.1) is 6.92 Å². The molecule has 1 atom stereocenters. The van der Waals surface area contributed by atoms with Crippen LogP contribution in [0.3, 0.4) is 0 Å². The Balaban J connectivity index is 1.85. The maximum Gasteiger partial charge on any atom is 0.416 e.